The van der Waals surface area contributed by atoms with E-state index in [0.29, 0.717) is 22.2 Å². The van der Waals surface area contributed by atoms with Gasteiger partial charge in [-0.3, -0.25) is 4.21 Å². The molecular weight excluding hydrogens is 266 g/mol. The zero-order valence-corrected chi connectivity index (χ0v) is 11.4. The summed E-state index contributed by atoms with van der Waals surface area (Å²) in [5.41, 5.74) is 8.19. The molecule has 2 aromatic rings. The fourth-order valence-corrected chi connectivity index (χ4v) is 3.27. The molecule has 0 aliphatic rings. The number of nitrogens with two attached hydrogens (primary N) is 1. The molecule has 18 heavy (non-hydrogen) atoms. The van der Waals surface area contributed by atoms with Crippen LogP contribution in [0.2, 0.25) is 5.02 Å². The van der Waals surface area contributed by atoms with Crippen LogP contribution >= 0.6 is 11.6 Å². The molecule has 0 bridgehead atoms. The van der Waals surface area contributed by atoms with Gasteiger partial charge in [-0.15, -0.1) is 0 Å². The summed E-state index contributed by atoms with van der Waals surface area (Å²) in [5, 5.41) is 0.580. The Balaban J connectivity index is 2.03. The standard InChI is InChI=1S/C14H14ClNOS/c15-14-8-13(16)7-6-12(14)10-18(17)9-11-4-2-1-3-5-11/h1-8H,9-10,16H2. The minimum atomic E-state index is -0.964. The van der Waals surface area contributed by atoms with Crippen LogP contribution in [0.4, 0.5) is 5.69 Å². The molecule has 1 unspecified atom stereocenters. The molecule has 2 rings (SSSR count). The second kappa shape index (κ2) is 6.03. The average molecular weight is 280 g/mol. The smallest absolute Gasteiger partial charge is 0.0503 e. The molecule has 0 aliphatic carbocycles. The van der Waals surface area contributed by atoms with Gasteiger partial charge in [-0.05, 0) is 23.3 Å². The van der Waals surface area contributed by atoms with E-state index in [1.54, 1.807) is 12.1 Å². The topological polar surface area (TPSA) is 43.1 Å². The van der Waals surface area contributed by atoms with Crippen molar-refractivity contribution in [2.45, 2.75) is 11.5 Å². The van der Waals surface area contributed by atoms with E-state index >= 15 is 0 Å². The summed E-state index contributed by atoms with van der Waals surface area (Å²) in [6.07, 6.45) is 0. The summed E-state index contributed by atoms with van der Waals surface area (Å²) < 4.78 is 12.0. The molecule has 2 nitrogen and oxygen atoms in total. The van der Waals surface area contributed by atoms with Gasteiger partial charge in [-0.25, -0.2) is 0 Å². The second-order valence-corrected chi connectivity index (χ2v) is 5.93. The Morgan fingerprint density at radius 1 is 1.06 bits per heavy atom. The SMILES string of the molecule is Nc1ccc(CS(=O)Cc2ccccc2)c(Cl)c1. The van der Waals surface area contributed by atoms with E-state index in [-0.39, 0.29) is 0 Å². The summed E-state index contributed by atoms with van der Waals surface area (Å²) in [6.45, 7) is 0. The zero-order valence-electron chi connectivity index (χ0n) is 9.80. The number of rotatable bonds is 4. The first-order chi connectivity index (χ1) is 8.65. The molecule has 94 valence electrons. The van der Waals surface area contributed by atoms with Crippen LogP contribution in [0.15, 0.2) is 48.5 Å². The van der Waals surface area contributed by atoms with Gasteiger partial charge in [0.15, 0.2) is 0 Å². The first-order valence-corrected chi connectivity index (χ1v) is 7.44. The van der Waals surface area contributed by atoms with Gasteiger partial charge in [-0.1, -0.05) is 48.0 Å². The number of nitrogen functional groups attached to an aromatic ring is 1. The summed E-state index contributed by atoms with van der Waals surface area (Å²) >= 11 is 6.06. The Morgan fingerprint density at radius 3 is 2.44 bits per heavy atom. The Kier molecular flexibility index (Phi) is 4.39. The van der Waals surface area contributed by atoms with Crippen LogP contribution in [0, 0.1) is 0 Å². The van der Waals surface area contributed by atoms with Crippen LogP contribution < -0.4 is 5.73 Å². The van der Waals surface area contributed by atoms with Crippen molar-refractivity contribution in [2.75, 3.05) is 5.73 Å². The van der Waals surface area contributed by atoms with E-state index in [2.05, 4.69) is 0 Å². The Bertz CT molecular complexity index is 557. The third kappa shape index (κ3) is 3.59. The quantitative estimate of drug-likeness (QED) is 0.872. The van der Waals surface area contributed by atoms with Crippen LogP contribution in [-0.4, -0.2) is 4.21 Å². The highest BCUT2D eigenvalue weighted by Crippen LogP contribution is 2.21. The zero-order chi connectivity index (χ0) is 13.0. The molecule has 0 saturated carbocycles. The molecule has 4 heteroatoms. The monoisotopic (exact) mass is 279 g/mol. The van der Waals surface area contributed by atoms with E-state index < -0.39 is 10.8 Å². The van der Waals surface area contributed by atoms with Crippen molar-refractivity contribution in [3.8, 4) is 0 Å². The molecule has 0 saturated heterocycles. The largest absolute Gasteiger partial charge is 0.399 e. The fraction of sp³-hybridized carbons (Fsp3) is 0.143. The lowest BCUT2D eigenvalue weighted by Crippen LogP contribution is -2.00. The van der Waals surface area contributed by atoms with Crippen molar-refractivity contribution in [2.24, 2.45) is 0 Å². The van der Waals surface area contributed by atoms with E-state index in [4.69, 9.17) is 17.3 Å². The normalized spacial score (nSPS) is 12.3. The van der Waals surface area contributed by atoms with Crippen molar-refractivity contribution in [3.63, 3.8) is 0 Å². The van der Waals surface area contributed by atoms with Crippen LogP contribution in [0.25, 0.3) is 0 Å². The maximum absolute atomic E-state index is 12.0. The Labute approximate surface area is 114 Å². The van der Waals surface area contributed by atoms with Crippen LogP contribution in [-0.2, 0) is 22.3 Å². The molecular formula is C14H14ClNOS. The summed E-state index contributed by atoms with van der Waals surface area (Å²) in [4.78, 5) is 0. The maximum Gasteiger partial charge on any atom is 0.0503 e. The molecule has 0 spiro atoms. The number of hydrogen-bond donors (Lipinski definition) is 1. The van der Waals surface area contributed by atoms with Crippen molar-refractivity contribution in [1.82, 2.24) is 0 Å². The number of anilines is 1. The number of halogens is 1. The van der Waals surface area contributed by atoms with Crippen molar-refractivity contribution in [3.05, 3.63) is 64.7 Å². The van der Waals surface area contributed by atoms with E-state index in [9.17, 15) is 4.21 Å². The molecule has 0 heterocycles. The highest BCUT2D eigenvalue weighted by atomic mass is 35.5. The lowest BCUT2D eigenvalue weighted by atomic mass is 10.2. The van der Waals surface area contributed by atoms with Gasteiger partial charge in [0, 0.05) is 27.3 Å². The van der Waals surface area contributed by atoms with Crippen molar-refractivity contribution >= 4 is 28.1 Å². The van der Waals surface area contributed by atoms with Gasteiger partial charge in [0.05, 0.1) is 5.75 Å². The van der Waals surface area contributed by atoms with Gasteiger partial charge in [-0.2, -0.15) is 0 Å². The Hall–Kier alpha value is -1.32. The molecule has 0 aliphatic heterocycles. The van der Waals surface area contributed by atoms with Crippen LogP contribution in [0.5, 0.6) is 0 Å². The first kappa shape index (κ1) is 13.1. The van der Waals surface area contributed by atoms with E-state index in [1.807, 2.05) is 36.4 Å². The molecule has 2 N–H and O–H groups in total. The fourth-order valence-electron chi connectivity index (χ4n) is 1.67. The number of hydrogen-bond acceptors (Lipinski definition) is 2. The van der Waals surface area contributed by atoms with Gasteiger partial charge in [0.1, 0.15) is 0 Å². The third-order valence-electron chi connectivity index (χ3n) is 2.56. The molecule has 2 aromatic carbocycles. The van der Waals surface area contributed by atoms with Gasteiger partial charge in [0.25, 0.3) is 0 Å². The first-order valence-electron chi connectivity index (χ1n) is 5.58. The molecule has 0 amide bonds. The third-order valence-corrected chi connectivity index (χ3v) is 4.20. The molecule has 0 aromatic heterocycles. The second-order valence-electron chi connectivity index (χ2n) is 4.06. The lowest BCUT2D eigenvalue weighted by molar-refractivity contribution is 0.682. The van der Waals surface area contributed by atoms with E-state index in [0.717, 1.165) is 11.1 Å². The van der Waals surface area contributed by atoms with Crippen LogP contribution in [0.1, 0.15) is 11.1 Å². The molecule has 0 radical (unpaired) electrons. The summed E-state index contributed by atoms with van der Waals surface area (Å²) in [6, 6.07) is 15.1. The van der Waals surface area contributed by atoms with Gasteiger partial charge in [0.2, 0.25) is 0 Å². The van der Waals surface area contributed by atoms with Crippen molar-refractivity contribution < 1.29 is 4.21 Å². The average Bonchev–Trinajstić information content (AvgIpc) is 2.34. The molecule has 1 atom stereocenters. The maximum atomic E-state index is 12.0. The Morgan fingerprint density at radius 2 is 1.78 bits per heavy atom. The lowest BCUT2D eigenvalue weighted by Gasteiger charge is -2.06. The van der Waals surface area contributed by atoms with Crippen LogP contribution in [0.3, 0.4) is 0 Å². The molecule has 0 fully saturated rings. The van der Waals surface area contributed by atoms with Gasteiger partial charge < -0.3 is 5.73 Å². The minimum Gasteiger partial charge on any atom is -0.399 e. The van der Waals surface area contributed by atoms with Gasteiger partial charge >= 0.3 is 0 Å². The van der Waals surface area contributed by atoms with Crippen molar-refractivity contribution in [1.29, 1.82) is 0 Å². The minimum absolute atomic E-state index is 0.452. The number of benzene rings is 2. The van der Waals surface area contributed by atoms with E-state index in [1.165, 1.54) is 0 Å². The highest BCUT2D eigenvalue weighted by molar-refractivity contribution is 7.83. The highest BCUT2D eigenvalue weighted by Gasteiger charge is 2.07. The summed E-state index contributed by atoms with van der Waals surface area (Å²) in [5.74, 6) is 0.996. The summed E-state index contributed by atoms with van der Waals surface area (Å²) in [7, 11) is -0.964. The predicted molar refractivity (Wildman–Crippen MR) is 77.9 cm³/mol. The predicted octanol–water partition coefficient (Wildman–Crippen LogP) is 3.37.